The van der Waals surface area contributed by atoms with Gasteiger partial charge in [0.15, 0.2) is 0 Å². The summed E-state index contributed by atoms with van der Waals surface area (Å²) in [6.07, 6.45) is 4.57. The quantitative estimate of drug-likeness (QED) is 0.832. The Balaban J connectivity index is 1.87. The number of sulfonamides is 1. The molecule has 19 heavy (non-hydrogen) atoms. The maximum absolute atomic E-state index is 12.5. The predicted molar refractivity (Wildman–Crippen MR) is 75.1 cm³/mol. The molecule has 2 bridgehead atoms. The first-order chi connectivity index (χ1) is 8.97. The van der Waals surface area contributed by atoms with Crippen molar-refractivity contribution in [1.29, 1.82) is 0 Å². The van der Waals surface area contributed by atoms with Gasteiger partial charge in [-0.3, -0.25) is 0 Å². The Morgan fingerprint density at radius 3 is 2.63 bits per heavy atom. The zero-order valence-corrected chi connectivity index (χ0v) is 11.9. The number of hydrogen-bond donors (Lipinski definition) is 2. The third-order valence-corrected chi connectivity index (χ3v) is 6.26. The lowest BCUT2D eigenvalue weighted by molar-refractivity contribution is 0.390. The van der Waals surface area contributed by atoms with Crippen LogP contribution in [0.4, 0.5) is 5.69 Å². The average molecular weight is 280 g/mol. The van der Waals surface area contributed by atoms with Crippen LogP contribution in [-0.4, -0.2) is 14.5 Å². The fourth-order valence-corrected chi connectivity index (χ4v) is 5.36. The molecule has 0 amide bonds. The Labute approximate surface area is 114 Å². The molecule has 0 heterocycles. The summed E-state index contributed by atoms with van der Waals surface area (Å²) < 4.78 is 27.9. The maximum atomic E-state index is 12.5. The second-order valence-electron chi connectivity index (χ2n) is 5.90. The molecular formula is C14H20N2O2S. The fourth-order valence-electron chi connectivity index (χ4n) is 3.69. The first kappa shape index (κ1) is 12.9. The Bertz CT molecular complexity index is 577. The van der Waals surface area contributed by atoms with Crippen molar-refractivity contribution in [3.8, 4) is 0 Å². The summed E-state index contributed by atoms with van der Waals surface area (Å²) in [7, 11) is -3.50. The van der Waals surface area contributed by atoms with E-state index in [1.165, 1.54) is 12.8 Å². The van der Waals surface area contributed by atoms with E-state index in [4.69, 9.17) is 5.73 Å². The van der Waals surface area contributed by atoms with Gasteiger partial charge < -0.3 is 5.73 Å². The second kappa shape index (κ2) is 4.49. The molecule has 3 unspecified atom stereocenters. The molecule has 0 aliphatic heterocycles. The van der Waals surface area contributed by atoms with Gasteiger partial charge >= 0.3 is 0 Å². The van der Waals surface area contributed by atoms with Crippen LogP contribution in [0.3, 0.4) is 0 Å². The highest BCUT2D eigenvalue weighted by Crippen LogP contribution is 2.45. The van der Waals surface area contributed by atoms with E-state index >= 15 is 0 Å². The first-order valence-electron chi connectivity index (χ1n) is 6.85. The zero-order chi connectivity index (χ0) is 13.6. The topological polar surface area (TPSA) is 72.2 Å². The number of rotatable bonds is 3. The van der Waals surface area contributed by atoms with Crippen LogP contribution in [0.5, 0.6) is 0 Å². The van der Waals surface area contributed by atoms with Gasteiger partial charge in [-0.15, -0.1) is 0 Å². The monoisotopic (exact) mass is 280 g/mol. The molecular weight excluding hydrogens is 260 g/mol. The average Bonchev–Trinajstić information content (AvgIpc) is 2.89. The standard InChI is InChI=1S/C14H20N2O2S/c1-9-3-2-4-12(15)14(9)19(17,18)16-13-8-10-5-6-11(13)7-10/h2-4,10-11,13,16H,5-8,15H2,1H3. The molecule has 2 saturated carbocycles. The molecule has 5 heteroatoms. The van der Waals surface area contributed by atoms with Crippen molar-refractivity contribution in [2.75, 3.05) is 5.73 Å². The van der Waals surface area contributed by atoms with E-state index in [9.17, 15) is 8.42 Å². The highest BCUT2D eigenvalue weighted by Gasteiger charge is 2.41. The van der Waals surface area contributed by atoms with E-state index in [-0.39, 0.29) is 10.9 Å². The van der Waals surface area contributed by atoms with Crippen molar-refractivity contribution in [3.63, 3.8) is 0 Å². The summed E-state index contributed by atoms with van der Waals surface area (Å²) >= 11 is 0. The van der Waals surface area contributed by atoms with Crippen LogP contribution in [-0.2, 0) is 10.0 Å². The first-order valence-corrected chi connectivity index (χ1v) is 8.33. The number of fused-ring (bicyclic) bond motifs is 2. The summed E-state index contributed by atoms with van der Waals surface area (Å²) in [5.74, 6) is 1.23. The van der Waals surface area contributed by atoms with Crippen LogP contribution < -0.4 is 10.5 Å². The molecule has 1 aromatic rings. The smallest absolute Gasteiger partial charge is 0.243 e. The predicted octanol–water partition coefficient (Wildman–Crippen LogP) is 2.04. The molecule has 3 rings (SSSR count). The summed E-state index contributed by atoms with van der Waals surface area (Å²) in [6.45, 7) is 1.78. The Morgan fingerprint density at radius 2 is 2.05 bits per heavy atom. The minimum absolute atomic E-state index is 0.0998. The Morgan fingerprint density at radius 1 is 1.26 bits per heavy atom. The largest absolute Gasteiger partial charge is 0.398 e. The highest BCUT2D eigenvalue weighted by atomic mass is 32.2. The van der Waals surface area contributed by atoms with Gasteiger partial charge in [-0.05, 0) is 49.7 Å². The normalized spacial score (nSPS) is 29.8. The molecule has 3 atom stereocenters. The molecule has 0 aromatic heterocycles. The van der Waals surface area contributed by atoms with Gasteiger partial charge in [0.2, 0.25) is 10.0 Å². The number of nitrogens with one attached hydrogen (secondary N) is 1. The lowest BCUT2D eigenvalue weighted by Gasteiger charge is -2.23. The zero-order valence-electron chi connectivity index (χ0n) is 11.1. The van der Waals surface area contributed by atoms with Crippen LogP contribution in [0.15, 0.2) is 23.1 Å². The van der Waals surface area contributed by atoms with Crippen LogP contribution in [0, 0.1) is 18.8 Å². The number of nitrogens with two attached hydrogens (primary N) is 1. The van der Waals surface area contributed by atoms with Crippen molar-refractivity contribution in [1.82, 2.24) is 4.72 Å². The van der Waals surface area contributed by atoms with Crippen molar-refractivity contribution < 1.29 is 8.42 Å². The third kappa shape index (κ3) is 2.25. The summed E-state index contributed by atoms with van der Waals surface area (Å²) in [6, 6.07) is 5.30. The third-order valence-electron chi connectivity index (χ3n) is 4.56. The van der Waals surface area contributed by atoms with Gasteiger partial charge in [0.1, 0.15) is 4.90 Å². The van der Waals surface area contributed by atoms with E-state index in [0.29, 0.717) is 23.1 Å². The SMILES string of the molecule is Cc1cccc(N)c1S(=O)(=O)NC1CC2CCC1C2. The highest BCUT2D eigenvalue weighted by molar-refractivity contribution is 7.89. The Kier molecular flexibility index (Phi) is 3.06. The van der Waals surface area contributed by atoms with Crippen LogP contribution >= 0.6 is 0 Å². The van der Waals surface area contributed by atoms with Gasteiger partial charge in [0.05, 0.1) is 5.69 Å². The van der Waals surface area contributed by atoms with Crippen molar-refractivity contribution >= 4 is 15.7 Å². The summed E-state index contributed by atoms with van der Waals surface area (Å²) in [5, 5.41) is 0. The lowest BCUT2D eigenvalue weighted by Crippen LogP contribution is -2.38. The van der Waals surface area contributed by atoms with Crippen LogP contribution in [0.2, 0.25) is 0 Å². The molecule has 2 fully saturated rings. The number of hydrogen-bond acceptors (Lipinski definition) is 3. The van der Waals surface area contributed by atoms with Gasteiger partial charge in [-0.1, -0.05) is 18.6 Å². The lowest BCUT2D eigenvalue weighted by atomic mass is 9.96. The number of nitrogen functional groups attached to an aromatic ring is 1. The number of aryl methyl sites for hydroxylation is 1. The van der Waals surface area contributed by atoms with Crippen molar-refractivity contribution in [2.24, 2.45) is 11.8 Å². The minimum atomic E-state index is -3.50. The van der Waals surface area contributed by atoms with Gasteiger partial charge in [0, 0.05) is 6.04 Å². The molecule has 4 nitrogen and oxygen atoms in total. The molecule has 104 valence electrons. The van der Waals surface area contributed by atoms with E-state index < -0.39 is 10.0 Å². The van der Waals surface area contributed by atoms with Crippen LogP contribution in [0.1, 0.15) is 31.2 Å². The fraction of sp³-hybridized carbons (Fsp3) is 0.571. The Hall–Kier alpha value is -1.07. The molecule has 0 saturated heterocycles. The maximum Gasteiger partial charge on any atom is 0.243 e. The molecule has 1 aromatic carbocycles. The summed E-state index contributed by atoms with van der Waals surface area (Å²) in [4.78, 5) is 0.248. The molecule has 3 N–H and O–H groups in total. The van der Waals surface area contributed by atoms with Crippen molar-refractivity contribution in [3.05, 3.63) is 23.8 Å². The van der Waals surface area contributed by atoms with Crippen molar-refractivity contribution in [2.45, 2.75) is 43.5 Å². The molecule has 0 spiro atoms. The second-order valence-corrected chi connectivity index (χ2v) is 7.55. The summed E-state index contributed by atoms with van der Waals surface area (Å²) in [5.41, 5.74) is 6.87. The number of anilines is 1. The minimum Gasteiger partial charge on any atom is -0.398 e. The van der Waals surface area contributed by atoms with E-state index in [1.807, 2.05) is 0 Å². The molecule has 2 aliphatic rings. The van der Waals surface area contributed by atoms with E-state index in [1.54, 1.807) is 25.1 Å². The van der Waals surface area contributed by atoms with Gasteiger partial charge in [-0.25, -0.2) is 13.1 Å². The van der Waals surface area contributed by atoms with Gasteiger partial charge in [-0.2, -0.15) is 0 Å². The van der Waals surface area contributed by atoms with E-state index in [2.05, 4.69) is 4.72 Å². The van der Waals surface area contributed by atoms with Crippen LogP contribution in [0.25, 0.3) is 0 Å². The molecule has 2 aliphatic carbocycles. The number of benzene rings is 1. The van der Waals surface area contributed by atoms with Gasteiger partial charge in [0.25, 0.3) is 0 Å². The van der Waals surface area contributed by atoms with E-state index in [0.717, 1.165) is 12.8 Å². The molecule has 0 radical (unpaired) electrons.